The Labute approximate surface area is 179 Å². The van der Waals surface area contributed by atoms with E-state index in [0.717, 1.165) is 47.9 Å². The zero-order valence-electron chi connectivity index (χ0n) is 18.1. The molecule has 0 heterocycles. The first kappa shape index (κ1) is 21.7. The van der Waals surface area contributed by atoms with Crippen molar-refractivity contribution in [3.8, 4) is 17.2 Å². The lowest BCUT2D eigenvalue weighted by Gasteiger charge is -2.17. The van der Waals surface area contributed by atoms with Gasteiger partial charge in [0.15, 0.2) is 11.5 Å². The third-order valence-corrected chi connectivity index (χ3v) is 4.93. The van der Waals surface area contributed by atoms with E-state index in [4.69, 9.17) is 14.2 Å². The largest absolute Gasteiger partial charge is 0.497 e. The maximum atomic E-state index is 6.21. The third-order valence-electron chi connectivity index (χ3n) is 4.93. The minimum absolute atomic E-state index is 0.517. The van der Waals surface area contributed by atoms with Crippen molar-refractivity contribution < 1.29 is 14.2 Å². The molecule has 0 aliphatic rings. The molecule has 0 fully saturated rings. The van der Waals surface area contributed by atoms with Crippen LogP contribution in [0.1, 0.15) is 29.2 Å². The Morgan fingerprint density at radius 1 is 0.833 bits per heavy atom. The average Bonchev–Trinajstić information content (AvgIpc) is 2.78. The zero-order chi connectivity index (χ0) is 21.2. The molecule has 0 saturated heterocycles. The van der Waals surface area contributed by atoms with Crippen LogP contribution in [-0.2, 0) is 19.6 Å². The van der Waals surface area contributed by atoms with Gasteiger partial charge in [0.2, 0.25) is 0 Å². The van der Waals surface area contributed by atoms with Gasteiger partial charge < -0.3 is 19.5 Å². The molecule has 158 valence electrons. The molecule has 3 rings (SSSR count). The van der Waals surface area contributed by atoms with Gasteiger partial charge >= 0.3 is 0 Å². The molecule has 0 radical (unpaired) electrons. The number of nitrogens with one attached hydrogen (secondary N) is 1. The highest BCUT2D eigenvalue weighted by molar-refractivity contribution is 5.47. The van der Waals surface area contributed by atoms with Crippen molar-refractivity contribution in [2.75, 3.05) is 20.3 Å². The second kappa shape index (κ2) is 11.3. The van der Waals surface area contributed by atoms with Crippen molar-refractivity contribution in [1.82, 2.24) is 5.32 Å². The fraction of sp³-hybridized carbons (Fsp3) is 0.308. The summed E-state index contributed by atoms with van der Waals surface area (Å²) in [5.41, 5.74) is 4.77. The van der Waals surface area contributed by atoms with E-state index in [1.807, 2.05) is 31.2 Å². The smallest absolute Gasteiger partial charge is 0.166 e. The van der Waals surface area contributed by atoms with Gasteiger partial charge in [-0.05, 0) is 56.1 Å². The summed E-state index contributed by atoms with van der Waals surface area (Å²) in [6.07, 6.45) is 0.953. The normalized spacial score (nSPS) is 10.6. The molecule has 30 heavy (non-hydrogen) atoms. The van der Waals surface area contributed by atoms with Gasteiger partial charge in [-0.1, -0.05) is 54.1 Å². The van der Waals surface area contributed by atoms with Gasteiger partial charge in [-0.3, -0.25) is 0 Å². The lowest BCUT2D eigenvalue weighted by Crippen LogP contribution is -2.17. The molecule has 3 aromatic rings. The van der Waals surface area contributed by atoms with Gasteiger partial charge in [0.1, 0.15) is 12.4 Å². The van der Waals surface area contributed by atoms with Gasteiger partial charge in [0, 0.05) is 12.1 Å². The molecule has 0 amide bonds. The van der Waals surface area contributed by atoms with Crippen molar-refractivity contribution in [1.29, 1.82) is 0 Å². The second-order valence-corrected chi connectivity index (χ2v) is 7.23. The Morgan fingerprint density at radius 2 is 1.57 bits per heavy atom. The van der Waals surface area contributed by atoms with Gasteiger partial charge in [-0.2, -0.15) is 0 Å². The monoisotopic (exact) mass is 405 g/mol. The molecule has 0 aliphatic heterocycles. The highest BCUT2D eigenvalue weighted by Gasteiger charge is 2.11. The van der Waals surface area contributed by atoms with Gasteiger partial charge in [0.25, 0.3) is 0 Å². The maximum absolute atomic E-state index is 6.21. The predicted molar refractivity (Wildman–Crippen MR) is 122 cm³/mol. The first-order valence-corrected chi connectivity index (χ1v) is 10.5. The first-order valence-electron chi connectivity index (χ1n) is 10.5. The highest BCUT2D eigenvalue weighted by Crippen LogP contribution is 2.32. The van der Waals surface area contributed by atoms with Crippen LogP contribution >= 0.6 is 0 Å². The number of hydrogen-bond acceptors (Lipinski definition) is 4. The lowest BCUT2D eigenvalue weighted by molar-refractivity contribution is 0.266. The van der Waals surface area contributed by atoms with Crippen LogP contribution in [0.2, 0.25) is 0 Å². The van der Waals surface area contributed by atoms with Crippen molar-refractivity contribution in [2.24, 2.45) is 0 Å². The van der Waals surface area contributed by atoms with E-state index in [1.54, 1.807) is 7.11 Å². The van der Waals surface area contributed by atoms with E-state index >= 15 is 0 Å². The molecule has 0 atom stereocenters. The first-order chi connectivity index (χ1) is 14.7. The van der Waals surface area contributed by atoms with E-state index in [0.29, 0.717) is 13.2 Å². The summed E-state index contributed by atoms with van der Waals surface area (Å²) in [5.74, 6) is 2.49. The number of rotatable bonds is 11. The summed E-state index contributed by atoms with van der Waals surface area (Å²) in [6.45, 7) is 6.80. The maximum Gasteiger partial charge on any atom is 0.166 e. The van der Waals surface area contributed by atoms with Gasteiger partial charge in [-0.15, -0.1) is 0 Å². The Bertz CT molecular complexity index is 905. The minimum atomic E-state index is 0.517. The van der Waals surface area contributed by atoms with Crippen molar-refractivity contribution in [2.45, 2.75) is 33.4 Å². The Morgan fingerprint density at radius 3 is 2.27 bits per heavy atom. The number of hydrogen-bond donors (Lipinski definition) is 1. The molecular weight excluding hydrogens is 374 g/mol. The fourth-order valence-corrected chi connectivity index (χ4v) is 3.22. The topological polar surface area (TPSA) is 39.7 Å². The molecule has 0 saturated carbocycles. The summed E-state index contributed by atoms with van der Waals surface area (Å²) in [4.78, 5) is 0. The Hall–Kier alpha value is -2.98. The number of para-hydroxylation sites is 1. The van der Waals surface area contributed by atoms with Crippen molar-refractivity contribution >= 4 is 0 Å². The molecule has 4 heteroatoms. The molecule has 0 bridgehead atoms. The molecular formula is C26H31NO3. The van der Waals surface area contributed by atoms with E-state index in [1.165, 1.54) is 11.1 Å². The number of ether oxygens (including phenoxy) is 3. The summed E-state index contributed by atoms with van der Waals surface area (Å²) in [5, 5.41) is 3.53. The van der Waals surface area contributed by atoms with E-state index in [2.05, 4.69) is 54.7 Å². The average molecular weight is 406 g/mol. The molecule has 4 nitrogen and oxygen atoms in total. The van der Waals surface area contributed by atoms with Crippen LogP contribution in [0.25, 0.3) is 0 Å². The summed E-state index contributed by atoms with van der Waals surface area (Å²) >= 11 is 0. The number of aryl methyl sites for hydroxylation is 1. The Balaban J connectivity index is 1.61. The third kappa shape index (κ3) is 6.26. The summed E-state index contributed by atoms with van der Waals surface area (Å²) < 4.78 is 17.2. The highest BCUT2D eigenvalue weighted by atomic mass is 16.5. The van der Waals surface area contributed by atoms with Crippen LogP contribution in [-0.4, -0.2) is 20.3 Å². The molecule has 3 aromatic carbocycles. The zero-order valence-corrected chi connectivity index (χ0v) is 18.1. The van der Waals surface area contributed by atoms with E-state index in [-0.39, 0.29) is 0 Å². The van der Waals surface area contributed by atoms with Crippen LogP contribution in [0.3, 0.4) is 0 Å². The SMILES string of the molecule is CCOc1cccc(CNCCc2ccc(OC)cc2)c1OCc1ccc(C)cc1. The molecule has 1 N–H and O–H groups in total. The summed E-state index contributed by atoms with van der Waals surface area (Å²) in [7, 11) is 1.69. The van der Waals surface area contributed by atoms with Crippen LogP contribution < -0.4 is 19.5 Å². The van der Waals surface area contributed by atoms with Gasteiger partial charge in [0.05, 0.1) is 13.7 Å². The quantitative estimate of drug-likeness (QED) is 0.439. The van der Waals surface area contributed by atoms with Gasteiger partial charge in [-0.25, -0.2) is 0 Å². The molecule has 0 aliphatic carbocycles. The van der Waals surface area contributed by atoms with Crippen LogP contribution in [0.4, 0.5) is 0 Å². The summed E-state index contributed by atoms with van der Waals surface area (Å²) in [6, 6.07) is 22.7. The lowest BCUT2D eigenvalue weighted by atomic mass is 10.1. The Kier molecular flexibility index (Phi) is 8.16. The van der Waals surface area contributed by atoms with E-state index in [9.17, 15) is 0 Å². The van der Waals surface area contributed by atoms with Crippen molar-refractivity contribution in [3.05, 3.63) is 89.0 Å². The molecule has 0 aromatic heterocycles. The molecule has 0 unspecified atom stereocenters. The standard InChI is InChI=1S/C26H31NO3/c1-4-29-25-7-5-6-23(26(25)30-19-22-10-8-20(2)9-11-22)18-27-17-16-21-12-14-24(28-3)15-13-21/h5-15,27H,4,16-19H2,1-3H3. The fourth-order valence-electron chi connectivity index (χ4n) is 3.22. The minimum Gasteiger partial charge on any atom is -0.497 e. The molecule has 0 spiro atoms. The van der Waals surface area contributed by atoms with Crippen molar-refractivity contribution in [3.63, 3.8) is 0 Å². The van der Waals surface area contributed by atoms with Crippen LogP contribution in [0.15, 0.2) is 66.7 Å². The van der Waals surface area contributed by atoms with Crippen LogP contribution in [0.5, 0.6) is 17.2 Å². The van der Waals surface area contributed by atoms with Crippen LogP contribution in [0, 0.1) is 6.92 Å². The predicted octanol–water partition coefficient (Wildman–Crippen LogP) is 5.31. The second-order valence-electron chi connectivity index (χ2n) is 7.23. The number of methoxy groups -OCH3 is 1. The van der Waals surface area contributed by atoms with E-state index < -0.39 is 0 Å². The number of benzene rings is 3.